The lowest BCUT2D eigenvalue weighted by Crippen LogP contribution is -2.30. The fourth-order valence-electron chi connectivity index (χ4n) is 1.80. The number of rotatable bonds is 2. The van der Waals surface area contributed by atoms with Crippen molar-refractivity contribution in [2.45, 2.75) is 46.5 Å². The number of cyclic esters (lactones) is 1. The Balaban J connectivity index is 2.69. The van der Waals surface area contributed by atoms with Gasteiger partial charge in [0.1, 0.15) is 0 Å². The van der Waals surface area contributed by atoms with Crippen molar-refractivity contribution < 1.29 is 9.53 Å². The van der Waals surface area contributed by atoms with Crippen LogP contribution in [0.3, 0.4) is 0 Å². The Labute approximate surface area is 80.7 Å². The smallest absolute Gasteiger partial charge is 0.309 e. The van der Waals surface area contributed by atoms with E-state index in [2.05, 4.69) is 20.8 Å². The van der Waals surface area contributed by atoms with Gasteiger partial charge in [0, 0.05) is 0 Å². The summed E-state index contributed by atoms with van der Waals surface area (Å²) in [6.07, 6.45) is 4.19. The van der Waals surface area contributed by atoms with Crippen molar-refractivity contribution in [1.82, 2.24) is 0 Å². The highest BCUT2D eigenvalue weighted by Gasteiger charge is 2.35. The molecule has 0 saturated carbocycles. The predicted octanol–water partition coefficient (Wildman–Crippen LogP) is 2.77. The normalized spacial score (nSPS) is 25.2. The van der Waals surface area contributed by atoms with Crippen molar-refractivity contribution in [2.24, 2.45) is 11.3 Å². The molecule has 0 aromatic carbocycles. The van der Waals surface area contributed by atoms with E-state index in [1.165, 1.54) is 0 Å². The summed E-state index contributed by atoms with van der Waals surface area (Å²) in [7, 11) is 0. The third-order valence-electron chi connectivity index (χ3n) is 3.27. The SMILES string of the molecule is CCC(C)(C)C1CCCCOC1=O. The molecule has 0 aliphatic carbocycles. The van der Waals surface area contributed by atoms with Gasteiger partial charge in [-0.05, 0) is 24.7 Å². The van der Waals surface area contributed by atoms with Crippen LogP contribution in [0.15, 0.2) is 0 Å². The number of hydrogen-bond acceptors (Lipinski definition) is 2. The molecule has 1 aliphatic rings. The molecule has 1 unspecified atom stereocenters. The molecule has 0 aromatic rings. The van der Waals surface area contributed by atoms with E-state index < -0.39 is 0 Å². The first-order valence-corrected chi connectivity index (χ1v) is 5.24. The first-order chi connectivity index (χ1) is 6.08. The Morgan fingerprint density at radius 1 is 1.46 bits per heavy atom. The van der Waals surface area contributed by atoms with E-state index in [4.69, 9.17) is 4.74 Å². The van der Waals surface area contributed by atoms with Gasteiger partial charge in [-0.3, -0.25) is 4.79 Å². The van der Waals surface area contributed by atoms with E-state index in [9.17, 15) is 4.79 Å². The first-order valence-electron chi connectivity index (χ1n) is 5.24. The summed E-state index contributed by atoms with van der Waals surface area (Å²) in [5, 5.41) is 0. The van der Waals surface area contributed by atoms with Crippen molar-refractivity contribution in [1.29, 1.82) is 0 Å². The van der Waals surface area contributed by atoms with Crippen LogP contribution in [0.4, 0.5) is 0 Å². The van der Waals surface area contributed by atoms with Gasteiger partial charge in [-0.25, -0.2) is 0 Å². The first kappa shape index (κ1) is 10.6. The molecule has 0 spiro atoms. The van der Waals surface area contributed by atoms with Gasteiger partial charge in [0.05, 0.1) is 12.5 Å². The van der Waals surface area contributed by atoms with Gasteiger partial charge in [0.15, 0.2) is 0 Å². The molecule has 0 aromatic heterocycles. The summed E-state index contributed by atoms with van der Waals surface area (Å²) in [6.45, 7) is 7.07. The van der Waals surface area contributed by atoms with Crippen LogP contribution in [0.1, 0.15) is 46.5 Å². The maximum Gasteiger partial charge on any atom is 0.309 e. The zero-order valence-corrected chi connectivity index (χ0v) is 8.93. The van der Waals surface area contributed by atoms with Crippen molar-refractivity contribution in [3.63, 3.8) is 0 Å². The molecular weight excluding hydrogens is 164 g/mol. The van der Waals surface area contributed by atoms with Crippen LogP contribution in [0, 0.1) is 11.3 Å². The molecule has 1 fully saturated rings. The Morgan fingerprint density at radius 3 is 2.77 bits per heavy atom. The standard InChI is InChI=1S/C11H20O2/c1-4-11(2,3)9-7-5-6-8-13-10(9)12/h9H,4-8H2,1-3H3. The summed E-state index contributed by atoms with van der Waals surface area (Å²) in [5.74, 6) is 0.129. The summed E-state index contributed by atoms with van der Waals surface area (Å²) in [5.41, 5.74) is 0.0986. The molecule has 0 radical (unpaired) electrons. The highest BCUT2D eigenvalue weighted by atomic mass is 16.5. The fraction of sp³-hybridized carbons (Fsp3) is 0.909. The number of hydrogen-bond donors (Lipinski definition) is 0. The summed E-state index contributed by atoms with van der Waals surface area (Å²) < 4.78 is 5.16. The van der Waals surface area contributed by atoms with Gasteiger partial charge in [0.2, 0.25) is 0 Å². The predicted molar refractivity (Wildman–Crippen MR) is 52.4 cm³/mol. The molecule has 0 N–H and O–H groups in total. The molecule has 1 atom stereocenters. The molecule has 2 nitrogen and oxygen atoms in total. The number of carbonyl (C=O) groups is 1. The van der Waals surface area contributed by atoms with Crippen LogP contribution in [0.25, 0.3) is 0 Å². The monoisotopic (exact) mass is 184 g/mol. The molecule has 13 heavy (non-hydrogen) atoms. The second kappa shape index (κ2) is 4.12. The van der Waals surface area contributed by atoms with Crippen LogP contribution in [-0.2, 0) is 9.53 Å². The highest BCUT2D eigenvalue weighted by molar-refractivity contribution is 5.73. The topological polar surface area (TPSA) is 26.3 Å². The number of carbonyl (C=O) groups excluding carboxylic acids is 1. The van der Waals surface area contributed by atoms with Crippen LogP contribution >= 0.6 is 0 Å². The maximum atomic E-state index is 11.6. The number of ether oxygens (including phenoxy) is 1. The molecule has 0 amide bonds. The van der Waals surface area contributed by atoms with Crippen molar-refractivity contribution in [2.75, 3.05) is 6.61 Å². The van der Waals surface area contributed by atoms with E-state index in [0.29, 0.717) is 6.61 Å². The zero-order valence-electron chi connectivity index (χ0n) is 8.93. The molecule has 76 valence electrons. The van der Waals surface area contributed by atoms with E-state index in [1.54, 1.807) is 0 Å². The van der Waals surface area contributed by atoms with Gasteiger partial charge in [-0.15, -0.1) is 0 Å². The lowest BCUT2D eigenvalue weighted by atomic mass is 9.74. The number of esters is 1. The van der Waals surface area contributed by atoms with Crippen LogP contribution in [0.2, 0.25) is 0 Å². The highest BCUT2D eigenvalue weighted by Crippen LogP contribution is 2.36. The lowest BCUT2D eigenvalue weighted by Gasteiger charge is -2.30. The quantitative estimate of drug-likeness (QED) is 0.617. The average molecular weight is 184 g/mol. The minimum absolute atomic E-state index is 0.0179. The molecule has 1 heterocycles. The van der Waals surface area contributed by atoms with E-state index >= 15 is 0 Å². The molecule has 0 bridgehead atoms. The Kier molecular flexibility index (Phi) is 3.34. The minimum Gasteiger partial charge on any atom is -0.465 e. The van der Waals surface area contributed by atoms with Gasteiger partial charge in [-0.2, -0.15) is 0 Å². The Bertz CT molecular complexity index is 185. The van der Waals surface area contributed by atoms with E-state index in [1.807, 2.05) is 0 Å². The third-order valence-corrected chi connectivity index (χ3v) is 3.27. The Morgan fingerprint density at radius 2 is 2.15 bits per heavy atom. The second-order valence-electron chi connectivity index (χ2n) is 4.56. The van der Waals surface area contributed by atoms with Crippen molar-refractivity contribution in [3.8, 4) is 0 Å². The van der Waals surface area contributed by atoms with Gasteiger partial charge in [0.25, 0.3) is 0 Å². The zero-order chi connectivity index (χ0) is 9.90. The van der Waals surface area contributed by atoms with Crippen LogP contribution in [-0.4, -0.2) is 12.6 Å². The van der Waals surface area contributed by atoms with Crippen molar-refractivity contribution >= 4 is 5.97 Å². The summed E-state index contributed by atoms with van der Waals surface area (Å²) in [4.78, 5) is 11.6. The lowest BCUT2D eigenvalue weighted by molar-refractivity contribution is -0.151. The average Bonchev–Trinajstić information content (AvgIpc) is 2.30. The van der Waals surface area contributed by atoms with Crippen LogP contribution in [0.5, 0.6) is 0 Å². The van der Waals surface area contributed by atoms with Gasteiger partial charge < -0.3 is 4.74 Å². The minimum atomic E-state index is 0.0179. The third kappa shape index (κ3) is 2.45. The molecule has 1 aliphatic heterocycles. The molecular formula is C11H20O2. The fourth-order valence-corrected chi connectivity index (χ4v) is 1.80. The van der Waals surface area contributed by atoms with E-state index in [-0.39, 0.29) is 17.3 Å². The molecule has 1 saturated heterocycles. The molecule has 2 heteroatoms. The second-order valence-corrected chi connectivity index (χ2v) is 4.56. The van der Waals surface area contributed by atoms with Gasteiger partial charge >= 0.3 is 5.97 Å². The summed E-state index contributed by atoms with van der Waals surface area (Å²) in [6, 6.07) is 0. The van der Waals surface area contributed by atoms with E-state index in [0.717, 1.165) is 25.7 Å². The summed E-state index contributed by atoms with van der Waals surface area (Å²) >= 11 is 0. The molecule has 1 rings (SSSR count). The van der Waals surface area contributed by atoms with Crippen molar-refractivity contribution in [3.05, 3.63) is 0 Å². The Hall–Kier alpha value is -0.530. The largest absolute Gasteiger partial charge is 0.465 e. The van der Waals surface area contributed by atoms with Crippen LogP contribution < -0.4 is 0 Å². The maximum absolute atomic E-state index is 11.6. The van der Waals surface area contributed by atoms with Gasteiger partial charge in [-0.1, -0.05) is 27.2 Å².